The van der Waals surface area contributed by atoms with Gasteiger partial charge >= 0.3 is 0 Å². The number of amides is 1. The van der Waals surface area contributed by atoms with Gasteiger partial charge in [-0.1, -0.05) is 23.2 Å². The lowest BCUT2D eigenvalue weighted by atomic mass is 10.1. The quantitative estimate of drug-likeness (QED) is 0.301. The predicted octanol–water partition coefficient (Wildman–Crippen LogP) is 5.80. The molecular weight excluding hydrogens is 452 g/mol. The van der Waals surface area contributed by atoms with Crippen LogP contribution in [-0.4, -0.2) is 15.7 Å². The van der Waals surface area contributed by atoms with E-state index in [0.29, 0.717) is 5.02 Å². The topological polar surface area (TPSA) is 46.9 Å². The Bertz CT molecular complexity index is 1150. The molecule has 0 aliphatic rings. The average molecular weight is 464 g/mol. The van der Waals surface area contributed by atoms with Gasteiger partial charge in [0, 0.05) is 5.02 Å². The molecule has 0 spiro atoms. The number of aromatic nitrogens is 2. The van der Waals surface area contributed by atoms with Crippen LogP contribution in [0.4, 0.5) is 27.6 Å². The highest BCUT2D eigenvalue weighted by Gasteiger charge is 2.27. The van der Waals surface area contributed by atoms with E-state index in [4.69, 9.17) is 23.2 Å². The van der Waals surface area contributed by atoms with Crippen molar-refractivity contribution in [3.63, 3.8) is 0 Å². The highest BCUT2D eigenvalue weighted by Crippen LogP contribution is 2.27. The summed E-state index contributed by atoms with van der Waals surface area (Å²) in [6, 6.07) is 4.25. The first kappa shape index (κ1) is 22.0. The van der Waals surface area contributed by atoms with Gasteiger partial charge in [-0.25, -0.2) is 22.0 Å². The van der Waals surface area contributed by atoms with Gasteiger partial charge in [0.1, 0.15) is 0 Å². The van der Waals surface area contributed by atoms with Crippen molar-refractivity contribution in [2.45, 2.75) is 20.4 Å². The van der Waals surface area contributed by atoms with Crippen LogP contribution in [0.2, 0.25) is 10.0 Å². The summed E-state index contributed by atoms with van der Waals surface area (Å²) >= 11 is 11.8. The molecule has 30 heavy (non-hydrogen) atoms. The number of hydrogen-bond donors (Lipinski definition) is 1. The molecule has 0 unspecified atom stereocenters. The predicted molar refractivity (Wildman–Crippen MR) is 101 cm³/mol. The molecule has 1 heterocycles. The standard InChI is InChI=1S/C19H12Cl2F5N3O/c1-7-18(27-19(30)10-4-3-9(20)5-12(10)21)8(2)29(28-7)6-11-13(22)15(24)17(26)16(25)14(11)23/h3-5H,6H2,1-2H3,(H,27,30). The Morgan fingerprint density at radius 3 is 2.13 bits per heavy atom. The molecule has 0 aliphatic heterocycles. The van der Waals surface area contributed by atoms with Crippen molar-refractivity contribution < 1.29 is 26.7 Å². The normalized spacial score (nSPS) is 11.1. The zero-order valence-corrected chi connectivity index (χ0v) is 16.9. The number of rotatable bonds is 4. The van der Waals surface area contributed by atoms with Gasteiger partial charge < -0.3 is 5.32 Å². The van der Waals surface area contributed by atoms with Crippen molar-refractivity contribution in [1.29, 1.82) is 0 Å². The molecule has 3 rings (SSSR count). The molecular formula is C19H12Cl2F5N3O. The maximum Gasteiger partial charge on any atom is 0.257 e. The van der Waals surface area contributed by atoms with Crippen molar-refractivity contribution in [3.05, 3.63) is 79.8 Å². The van der Waals surface area contributed by atoms with Gasteiger partial charge in [0.15, 0.2) is 23.3 Å². The summed E-state index contributed by atoms with van der Waals surface area (Å²) in [7, 11) is 0. The van der Waals surface area contributed by atoms with E-state index >= 15 is 0 Å². The number of hydrogen-bond acceptors (Lipinski definition) is 2. The Morgan fingerprint density at radius 2 is 1.57 bits per heavy atom. The minimum atomic E-state index is -2.24. The molecule has 1 N–H and O–H groups in total. The maximum absolute atomic E-state index is 14.0. The molecule has 0 aliphatic carbocycles. The number of carbonyl (C=O) groups excluding carboxylic acids is 1. The molecule has 11 heteroatoms. The molecule has 1 aromatic heterocycles. The Hall–Kier alpha value is -2.65. The largest absolute Gasteiger partial charge is 0.319 e. The third-order valence-corrected chi connectivity index (χ3v) is 4.95. The zero-order valence-electron chi connectivity index (χ0n) is 15.4. The fourth-order valence-electron chi connectivity index (χ4n) is 2.83. The van der Waals surface area contributed by atoms with Crippen molar-refractivity contribution >= 4 is 34.8 Å². The fourth-order valence-corrected chi connectivity index (χ4v) is 3.32. The van der Waals surface area contributed by atoms with Crippen LogP contribution in [0.25, 0.3) is 0 Å². The number of nitrogens with one attached hydrogen (secondary N) is 1. The lowest BCUT2D eigenvalue weighted by molar-refractivity contribution is 0.102. The van der Waals surface area contributed by atoms with Crippen molar-refractivity contribution in [2.24, 2.45) is 0 Å². The van der Waals surface area contributed by atoms with Crippen LogP contribution in [0.1, 0.15) is 27.3 Å². The average Bonchev–Trinajstić information content (AvgIpc) is 2.95. The van der Waals surface area contributed by atoms with Crippen molar-refractivity contribution in [1.82, 2.24) is 9.78 Å². The second kappa shape index (κ2) is 8.23. The van der Waals surface area contributed by atoms with Crippen LogP contribution in [0.3, 0.4) is 0 Å². The summed E-state index contributed by atoms with van der Waals surface area (Å²) in [6.07, 6.45) is 0. The molecule has 3 aromatic rings. The van der Waals surface area contributed by atoms with Crippen LogP contribution in [0.15, 0.2) is 18.2 Å². The second-order valence-corrected chi connectivity index (χ2v) is 7.17. The molecule has 0 bridgehead atoms. The van der Waals surface area contributed by atoms with Crippen LogP contribution in [0.5, 0.6) is 0 Å². The Balaban J connectivity index is 1.95. The molecule has 0 atom stereocenters. The van der Waals surface area contributed by atoms with E-state index in [1.807, 2.05) is 0 Å². The second-order valence-electron chi connectivity index (χ2n) is 6.33. The molecule has 0 fully saturated rings. The third kappa shape index (κ3) is 3.87. The minimum Gasteiger partial charge on any atom is -0.319 e. The SMILES string of the molecule is Cc1nn(Cc2c(F)c(F)c(F)c(F)c2F)c(C)c1NC(=O)c1ccc(Cl)cc1Cl. The van der Waals surface area contributed by atoms with Gasteiger partial charge in [-0.05, 0) is 32.0 Å². The molecule has 4 nitrogen and oxygen atoms in total. The number of benzene rings is 2. The van der Waals surface area contributed by atoms with E-state index in [9.17, 15) is 26.7 Å². The van der Waals surface area contributed by atoms with Gasteiger partial charge in [0.25, 0.3) is 5.91 Å². The molecule has 0 saturated heterocycles. The summed E-state index contributed by atoms with van der Waals surface area (Å²) in [6.45, 7) is 2.22. The fraction of sp³-hybridized carbons (Fsp3) is 0.158. The number of anilines is 1. The van der Waals surface area contributed by atoms with Crippen LogP contribution in [0, 0.1) is 42.9 Å². The van der Waals surface area contributed by atoms with E-state index < -0.39 is 47.1 Å². The highest BCUT2D eigenvalue weighted by molar-refractivity contribution is 6.37. The number of aryl methyl sites for hydroxylation is 1. The Kier molecular flexibility index (Phi) is 6.05. The first-order chi connectivity index (χ1) is 14.0. The molecule has 158 valence electrons. The van der Waals surface area contributed by atoms with E-state index in [2.05, 4.69) is 10.4 Å². The Labute approximate surface area is 177 Å². The summed E-state index contributed by atoms with van der Waals surface area (Å²) in [4.78, 5) is 12.5. The highest BCUT2D eigenvalue weighted by atomic mass is 35.5. The van der Waals surface area contributed by atoms with E-state index in [1.54, 1.807) is 0 Å². The van der Waals surface area contributed by atoms with Gasteiger partial charge in [-0.3, -0.25) is 9.48 Å². The maximum atomic E-state index is 14.0. The van der Waals surface area contributed by atoms with Crippen molar-refractivity contribution in [2.75, 3.05) is 5.32 Å². The minimum absolute atomic E-state index is 0.101. The van der Waals surface area contributed by atoms with Gasteiger partial charge in [0.2, 0.25) is 5.82 Å². The number of halogens is 7. The van der Waals surface area contributed by atoms with Crippen LogP contribution < -0.4 is 5.32 Å². The summed E-state index contributed by atoms with van der Waals surface area (Å²) in [5.74, 6) is -10.8. The molecule has 1 amide bonds. The monoisotopic (exact) mass is 463 g/mol. The summed E-state index contributed by atoms with van der Waals surface area (Å²) in [5, 5.41) is 7.04. The summed E-state index contributed by atoms with van der Waals surface area (Å²) in [5.41, 5.74) is -0.234. The molecule has 2 aromatic carbocycles. The van der Waals surface area contributed by atoms with Gasteiger partial charge in [-0.2, -0.15) is 5.10 Å². The first-order valence-electron chi connectivity index (χ1n) is 8.33. The van der Waals surface area contributed by atoms with E-state index in [0.717, 1.165) is 4.68 Å². The van der Waals surface area contributed by atoms with E-state index in [-0.39, 0.29) is 27.7 Å². The zero-order chi connectivity index (χ0) is 22.3. The van der Waals surface area contributed by atoms with Gasteiger partial charge in [0.05, 0.1) is 39.8 Å². The molecule has 0 radical (unpaired) electrons. The van der Waals surface area contributed by atoms with Crippen LogP contribution >= 0.6 is 23.2 Å². The molecule has 0 saturated carbocycles. The lowest BCUT2D eigenvalue weighted by Gasteiger charge is -2.11. The van der Waals surface area contributed by atoms with Gasteiger partial charge in [-0.15, -0.1) is 0 Å². The third-order valence-electron chi connectivity index (χ3n) is 4.40. The summed E-state index contributed by atoms with van der Waals surface area (Å²) < 4.78 is 69.1. The lowest BCUT2D eigenvalue weighted by Crippen LogP contribution is -2.15. The number of carbonyl (C=O) groups is 1. The number of nitrogens with zero attached hydrogens (tertiary/aromatic N) is 2. The van der Waals surface area contributed by atoms with Crippen LogP contribution in [-0.2, 0) is 6.54 Å². The van der Waals surface area contributed by atoms with Crippen molar-refractivity contribution in [3.8, 4) is 0 Å². The van der Waals surface area contributed by atoms with E-state index in [1.165, 1.54) is 32.0 Å². The Morgan fingerprint density at radius 1 is 1.00 bits per heavy atom. The smallest absolute Gasteiger partial charge is 0.257 e. The first-order valence-corrected chi connectivity index (χ1v) is 9.09.